The van der Waals surface area contributed by atoms with Crippen molar-refractivity contribution in [2.75, 3.05) is 0 Å². The molecule has 0 atom stereocenters. The Morgan fingerprint density at radius 1 is 0.500 bits per heavy atom. The first kappa shape index (κ1) is 27.2. The molecule has 0 spiro atoms. The van der Waals surface area contributed by atoms with Gasteiger partial charge in [0.05, 0.1) is 27.8 Å². The molecule has 7 nitrogen and oxygen atoms in total. The second kappa shape index (κ2) is 10.8. The van der Waals surface area contributed by atoms with Crippen molar-refractivity contribution >= 4 is 43.7 Å². The number of nitriles is 2. The molecule has 7 heteroatoms. The molecular formula is C41H22N6O. The highest BCUT2D eigenvalue weighted by molar-refractivity contribution is 6.21. The van der Waals surface area contributed by atoms with E-state index in [1.807, 2.05) is 120 Å². The van der Waals surface area contributed by atoms with Gasteiger partial charge in [0.1, 0.15) is 17.7 Å². The summed E-state index contributed by atoms with van der Waals surface area (Å²) in [6.45, 7) is 0. The van der Waals surface area contributed by atoms with Gasteiger partial charge in [0.25, 0.3) is 0 Å². The predicted molar refractivity (Wildman–Crippen MR) is 187 cm³/mol. The van der Waals surface area contributed by atoms with E-state index in [1.165, 1.54) is 0 Å². The molecule has 0 saturated carbocycles. The van der Waals surface area contributed by atoms with E-state index in [9.17, 15) is 10.5 Å². The van der Waals surface area contributed by atoms with Crippen LogP contribution in [0.2, 0.25) is 0 Å². The highest BCUT2D eigenvalue weighted by Gasteiger charge is 2.24. The Morgan fingerprint density at radius 2 is 1.08 bits per heavy atom. The molecule has 6 aromatic carbocycles. The number of rotatable bonds is 4. The number of benzene rings is 6. The van der Waals surface area contributed by atoms with E-state index >= 15 is 0 Å². The highest BCUT2D eigenvalue weighted by Crippen LogP contribution is 2.41. The zero-order valence-electron chi connectivity index (χ0n) is 25.3. The zero-order valence-corrected chi connectivity index (χ0v) is 25.3. The first-order valence-corrected chi connectivity index (χ1v) is 15.4. The summed E-state index contributed by atoms with van der Waals surface area (Å²) in [5.41, 5.74) is 6.26. The summed E-state index contributed by atoms with van der Waals surface area (Å²) in [5, 5.41) is 25.4. The van der Waals surface area contributed by atoms with Crippen LogP contribution in [0.25, 0.3) is 83.6 Å². The fourth-order valence-electron chi connectivity index (χ4n) is 6.60. The molecule has 0 fully saturated rings. The lowest BCUT2D eigenvalue weighted by Gasteiger charge is -2.14. The van der Waals surface area contributed by atoms with E-state index in [-0.39, 0.29) is 11.1 Å². The van der Waals surface area contributed by atoms with Gasteiger partial charge in [0, 0.05) is 38.2 Å². The van der Waals surface area contributed by atoms with Gasteiger partial charge in [-0.1, -0.05) is 103 Å². The van der Waals surface area contributed by atoms with Crippen molar-refractivity contribution in [3.63, 3.8) is 0 Å². The van der Waals surface area contributed by atoms with Gasteiger partial charge in [-0.2, -0.15) is 10.5 Å². The number of nitrogens with zero attached hydrogens (tertiary/aromatic N) is 6. The Kier molecular flexibility index (Phi) is 6.11. The topological polar surface area (TPSA) is 104 Å². The average molecular weight is 615 g/mol. The summed E-state index contributed by atoms with van der Waals surface area (Å²) < 4.78 is 8.53. The number of hydrogen-bond acceptors (Lipinski definition) is 6. The predicted octanol–water partition coefficient (Wildman–Crippen LogP) is 9.61. The van der Waals surface area contributed by atoms with Crippen molar-refractivity contribution in [3.05, 3.63) is 145 Å². The Morgan fingerprint density at radius 3 is 1.77 bits per heavy atom. The van der Waals surface area contributed by atoms with E-state index < -0.39 is 0 Å². The standard InChI is InChI=1S/C41H22N6O/c42-23-32-31(41-45-39(25-11-3-1-4-12-25)44-40(46-41)26-13-5-2-6-14-26)21-22-35(33(32)24-43)47-34-17-9-7-15-27(34)29-19-20-30-28-16-8-10-18-36(28)48-38(30)37(29)47/h1-22H. The minimum Gasteiger partial charge on any atom is -0.454 e. The molecule has 0 bridgehead atoms. The van der Waals surface area contributed by atoms with Gasteiger partial charge in [-0.3, -0.25) is 0 Å². The van der Waals surface area contributed by atoms with Crippen LogP contribution in [-0.4, -0.2) is 19.5 Å². The number of hydrogen-bond donors (Lipinski definition) is 0. The van der Waals surface area contributed by atoms with Crippen molar-refractivity contribution < 1.29 is 4.42 Å². The molecule has 0 unspecified atom stereocenters. The number of furan rings is 1. The first-order chi connectivity index (χ1) is 23.7. The van der Waals surface area contributed by atoms with Crippen molar-refractivity contribution in [3.8, 4) is 52.0 Å². The molecule has 9 rings (SSSR count). The Balaban J connectivity index is 1.34. The van der Waals surface area contributed by atoms with Gasteiger partial charge < -0.3 is 8.98 Å². The summed E-state index contributed by atoms with van der Waals surface area (Å²) in [6, 6.07) is 47.9. The van der Waals surface area contributed by atoms with Crippen molar-refractivity contribution in [1.29, 1.82) is 10.5 Å². The van der Waals surface area contributed by atoms with Gasteiger partial charge in [0.2, 0.25) is 0 Å². The van der Waals surface area contributed by atoms with Crippen molar-refractivity contribution in [2.24, 2.45) is 0 Å². The molecule has 0 saturated heterocycles. The molecule has 0 aliphatic rings. The number of para-hydroxylation sites is 2. The second-order valence-electron chi connectivity index (χ2n) is 11.4. The van der Waals surface area contributed by atoms with Gasteiger partial charge in [0.15, 0.2) is 23.1 Å². The molecule has 0 N–H and O–H groups in total. The third-order valence-corrected chi connectivity index (χ3v) is 8.77. The molecule has 3 heterocycles. The maximum atomic E-state index is 10.7. The molecule has 48 heavy (non-hydrogen) atoms. The second-order valence-corrected chi connectivity index (χ2v) is 11.4. The van der Waals surface area contributed by atoms with Gasteiger partial charge in [-0.15, -0.1) is 0 Å². The van der Waals surface area contributed by atoms with Crippen LogP contribution in [0.3, 0.4) is 0 Å². The summed E-state index contributed by atoms with van der Waals surface area (Å²) in [6.07, 6.45) is 0. The number of aromatic nitrogens is 4. The van der Waals surface area contributed by atoms with E-state index in [2.05, 4.69) is 30.3 Å². The van der Waals surface area contributed by atoms with Crippen LogP contribution >= 0.6 is 0 Å². The smallest absolute Gasteiger partial charge is 0.165 e. The summed E-state index contributed by atoms with van der Waals surface area (Å²) in [4.78, 5) is 14.5. The van der Waals surface area contributed by atoms with Crippen LogP contribution in [-0.2, 0) is 0 Å². The largest absolute Gasteiger partial charge is 0.454 e. The Hall–Kier alpha value is -7.09. The monoisotopic (exact) mass is 614 g/mol. The fraction of sp³-hybridized carbons (Fsp3) is 0. The van der Waals surface area contributed by atoms with E-state index in [0.717, 1.165) is 49.3 Å². The Labute approximate surface area is 274 Å². The minimum absolute atomic E-state index is 0.182. The highest BCUT2D eigenvalue weighted by atomic mass is 16.3. The van der Waals surface area contributed by atoms with Gasteiger partial charge >= 0.3 is 0 Å². The number of fused-ring (bicyclic) bond motifs is 7. The quantitative estimate of drug-likeness (QED) is 0.195. The van der Waals surface area contributed by atoms with Crippen molar-refractivity contribution in [1.82, 2.24) is 19.5 Å². The fourth-order valence-corrected chi connectivity index (χ4v) is 6.60. The molecule has 9 aromatic rings. The van der Waals surface area contributed by atoms with Crippen LogP contribution in [0.5, 0.6) is 0 Å². The minimum atomic E-state index is 0.182. The third-order valence-electron chi connectivity index (χ3n) is 8.77. The summed E-state index contributed by atoms with van der Waals surface area (Å²) in [7, 11) is 0. The lowest BCUT2D eigenvalue weighted by atomic mass is 9.99. The Bertz CT molecular complexity index is 2740. The van der Waals surface area contributed by atoms with Gasteiger partial charge in [-0.05, 0) is 30.3 Å². The lowest BCUT2D eigenvalue weighted by molar-refractivity contribution is 0.671. The summed E-state index contributed by atoms with van der Waals surface area (Å²) >= 11 is 0. The molecule has 0 aliphatic heterocycles. The normalized spacial score (nSPS) is 11.3. The SMILES string of the molecule is N#Cc1c(-c2nc(-c3ccccc3)nc(-c3ccccc3)n2)ccc(-n2c3ccccc3c3ccc4c5ccccc5oc4c32)c1C#N. The molecule has 222 valence electrons. The van der Waals surface area contributed by atoms with E-state index in [1.54, 1.807) is 0 Å². The van der Waals surface area contributed by atoms with Crippen LogP contribution < -0.4 is 0 Å². The van der Waals surface area contributed by atoms with Crippen LogP contribution in [0, 0.1) is 22.7 Å². The maximum absolute atomic E-state index is 10.7. The molecular weight excluding hydrogens is 592 g/mol. The molecule has 0 aliphatic carbocycles. The van der Waals surface area contributed by atoms with Crippen LogP contribution in [0.1, 0.15) is 11.1 Å². The molecule has 0 radical (unpaired) electrons. The lowest BCUT2D eigenvalue weighted by Crippen LogP contribution is -2.05. The maximum Gasteiger partial charge on any atom is 0.165 e. The zero-order chi connectivity index (χ0) is 32.2. The molecule has 3 aromatic heterocycles. The van der Waals surface area contributed by atoms with Crippen molar-refractivity contribution in [2.45, 2.75) is 0 Å². The van der Waals surface area contributed by atoms with E-state index in [0.29, 0.717) is 34.3 Å². The average Bonchev–Trinajstić information content (AvgIpc) is 3.70. The van der Waals surface area contributed by atoms with Crippen LogP contribution in [0.15, 0.2) is 138 Å². The first-order valence-electron chi connectivity index (χ1n) is 15.4. The van der Waals surface area contributed by atoms with Gasteiger partial charge in [-0.25, -0.2) is 15.0 Å². The third kappa shape index (κ3) is 4.09. The summed E-state index contributed by atoms with van der Waals surface area (Å²) in [5.74, 6) is 1.26. The van der Waals surface area contributed by atoms with E-state index in [4.69, 9.17) is 19.4 Å². The van der Waals surface area contributed by atoms with Crippen LogP contribution in [0.4, 0.5) is 0 Å². The molecule has 0 amide bonds.